The van der Waals surface area contributed by atoms with Crippen LogP contribution in [-0.4, -0.2) is 53.8 Å². The number of benzene rings is 3. The Bertz CT molecular complexity index is 1470. The molecule has 42 heavy (non-hydrogen) atoms. The zero-order chi connectivity index (χ0) is 29.4. The van der Waals surface area contributed by atoms with E-state index in [1.165, 1.54) is 7.11 Å². The molecule has 3 aliphatic rings. The summed E-state index contributed by atoms with van der Waals surface area (Å²) < 4.78 is 45.1. The van der Waals surface area contributed by atoms with Crippen LogP contribution in [0.2, 0.25) is 0 Å². The van der Waals surface area contributed by atoms with E-state index in [0.29, 0.717) is 35.2 Å². The lowest BCUT2D eigenvalue weighted by Gasteiger charge is -2.38. The normalized spacial score (nSPS) is 21.6. The second-order valence-corrected chi connectivity index (χ2v) is 10.3. The molecule has 0 amide bonds. The van der Waals surface area contributed by atoms with Crippen LogP contribution < -0.4 is 28.4 Å². The molecule has 3 aromatic rings. The van der Waals surface area contributed by atoms with Crippen molar-refractivity contribution in [2.75, 3.05) is 41.8 Å². The van der Waals surface area contributed by atoms with Gasteiger partial charge in [-0.2, -0.15) is 0 Å². The highest BCUT2D eigenvalue weighted by atomic mass is 16.7. The summed E-state index contributed by atoms with van der Waals surface area (Å²) in [5, 5.41) is 0. The Kier molecular flexibility index (Phi) is 7.45. The molecule has 10 heteroatoms. The average Bonchev–Trinajstić information content (AvgIpc) is 3.64. The number of ether oxygens (including phenoxy) is 8. The molecule has 0 bridgehead atoms. The van der Waals surface area contributed by atoms with Crippen molar-refractivity contribution in [3.05, 3.63) is 70.8 Å². The first kappa shape index (κ1) is 27.6. The highest BCUT2D eigenvalue weighted by Crippen LogP contribution is 2.56. The van der Waals surface area contributed by atoms with E-state index >= 15 is 0 Å². The van der Waals surface area contributed by atoms with Gasteiger partial charge in [-0.3, -0.25) is 9.59 Å². The number of carbonyl (C=O) groups is 2. The second-order valence-electron chi connectivity index (χ2n) is 10.3. The topological polar surface area (TPSA) is 108 Å². The molecule has 1 fully saturated rings. The van der Waals surface area contributed by atoms with Gasteiger partial charge in [-0.25, -0.2) is 0 Å². The van der Waals surface area contributed by atoms with Gasteiger partial charge in [-0.15, -0.1) is 0 Å². The lowest BCUT2D eigenvalue weighted by Crippen LogP contribution is -2.36. The van der Waals surface area contributed by atoms with Gasteiger partial charge in [0.25, 0.3) is 0 Å². The van der Waals surface area contributed by atoms with E-state index in [1.807, 2.05) is 48.5 Å². The largest absolute Gasteiger partial charge is 0.497 e. The molecule has 0 radical (unpaired) electrons. The molecule has 2 aliphatic heterocycles. The quantitative estimate of drug-likeness (QED) is 0.335. The Morgan fingerprint density at radius 2 is 1.50 bits per heavy atom. The number of carbonyl (C=O) groups excluding carboxylic acids is 2. The number of hydrogen-bond acceptors (Lipinski definition) is 10. The summed E-state index contributed by atoms with van der Waals surface area (Å²) in [6.07, 6.45) is -0.0422. The molecule has 0 saturated carbocycles. The first-order valence-electron chi connectivity index (χ1n) is 13.7. The summed E-state index contributed by atoms with van der Waals surface area (Å²) in [5.41, 5.74) is 3.28. The van der Waals surface area contributed by atoms with Crippen molar-refractivity contribution in [3.63, 3.8) is 0 Å². The molecule has 1 aliphatic carbocycles. The van der Waals surface area contributed by atoms with Gasteiger partial charge in [0.15, 0.2) is 23.0 Å². The lowest BCUT2D eigenvalue weighted by molar-refractivity contribution is -0.154. The third-order valence-corrected chi connectivity index (χ3v) is 8.20. The van der Waals surface area contributed by atoms with Crippen molar-refractivity contribution in [2.24, 2.45) is 11.8 Å². The number of fused-ring (bicyclic) bond motifs is 3. The molecular formula is C32H32O10. The fourth-order valence-corrected chi connectivity index (χ4v) is 6.18. The van der Waals surface area contributed by atoms with Gasteiger partial charge >= 0.3 is 11.9 Å². The third-order valence-electron chi connectivity index (χ3n) is 8.20. The summed E-state index contributed by atoms with van der Waals surface area (Å²) in [7, 11) is 6.23. The maximum Gasteiger partial charge on any atom is 0.310 e. The van der Waals surface area contributed by atoms with Crippen LogP contribution in [0, 0.1) is 11.8 Å². The van der Waals surface area contributed by atoms with Gasteiger partial charge in [-0.1, -0.05) is 12.1 Å². The molecule has 220 valence electrons. The Labute approximate surface area is 243 Å². The summed E-state index contributed by atoms with van der Waals surface area (Å²) in [6, 6.07) is 14.9. The van der Waals surface area contributed by atoms with Crippen molar-refractivity contribution >= 4 is 11.9 Å². The molecule has 4 atom stereocenters. The van der Waals surface area contributed by atoms with E-state index in [-0.39, 0.29) is 31.8 Å². The SMILES string of the molecule is COc1ccc(CCC(=O)O[C@H]2c3cc4c(cc3[C@@H](c3cc(OC)c(OC)c(OC)c3)[C@@H]3C(=O)OC[C@@H]32)OCO4)cc1. The first-order chi connectivity index (χ1) is 20.4. The maximum atomic E-state index is 13.3. The minimum absolute atomic E-state index is 0.0777. The molecule has 0 unspecified atom stereocenters. The molecule has 3 aromatic carbocycles. The molecule has 0 N–H and O–H groups in total. The monoisotopic (exact) mass is 576 g/mol. The van der Waals surface area contributed by atoms with Crippen molar-refractivity contribution in [3.8, 4) is 34.5 Å². The van der Waals surface area contributed by atoms with Gasteiger partial charge in [0, 0.05) is 23.8 Å². The zero-order valence-corrected chi connectivity index (χ0v) is 23.8. The van der Waals surface area contributed by atoms with Gasteiger partial charge in [0.05, 0.1) is 41.0 Å². The smallest absolute Gasteiger partial charge is 0.310 e. The summed E-state index contributed by atoms with van der Waals surface area (Å²) >= 11 is 0. The Balaban J connectivity index is 1.38. The molecule has 6 rings (SSSR count). The number of cyclic esters (lactones) is 1. The molecular weight excluding hydrogens is 544 g/mol. The van der Waals surface area contributed by atoms with Crippen molar-refractivity contribution in [2.45, 2.75) is 24.9 Å². The van der Waals surface area contributed by atoms with Crippen LogP contribution in [0.1, 0.15) is 40.7 Å². The highest BCUT2D eigenvalue weighted by molar-refractivity contribution is 5.79. The first-order valence-corrected chi connectivity index (χ1v) is 13.7. The second kappa shape index (κ2) is 11.3. The summed E-state index contributed by atoms with van der Waals surface area (Å²) in [4.78, 5) is 26.6. The van der Waals surface area contributed by atoms with Gasteiger partial charge in [-0.05, 0) is 59.5 Å². The van der Waals surface area contributed by atoms with Crippen LogP contribution in [-0.2, 0) is 25.5 Å². The Morgan fingerprint density at radius 3 is 2.12 bits per heavy atom. The highest BCUT2D eigenvalue weighted by Gasteiger charge is 2.54. The van der Waals surface area contributed by atoms with E-state index in [9.17, 15) is 9.59 Å². The van der Waals surface area contributed by atoms with Crippen LogP contribution in [0.4, 0.5) is 0 Å². The molecule has 10 nitrogen and oxygen atoms in total. The fourth-order valence-electron chi connectivity index (χ4n) is 6.18. The molecule has 2 heterocycles. The lowest BCUT2D eigenvalue weighted by atomic mass is 9.66. The van der Waals surface area contributed by atoms with E-state index in [2.05, 4.69) is 0 Å². The molecule has 0 aromatic heterocycles. The third kappa shape index (κ3) is 4.80. The van der Waals surface area contributed by atoms with Crippen molar-refractivity contribution in [1.29, 1.82) is 0 Å². The van der Waals surface area contributed by atoms with E-state index in [1.54, 1.807) is 21.3 Å². The minimum atomic E-state index is -0.715. The maximum absolute atomic E-state index is 13.3. The summed E-state index contributed by atoms with van der Waals surface area (Å²) in [6.45, 7) is 0.197. The van der Waals surface area contributed by atoms with Crippen LogP contribution in [0.15, 0.2) is 48.5 Å². The van der Waals surface area contributed by atoms with Crippen molar-refractivity contribution in [1.82, 2.24) is 0 Å². The number of rotatable bonds is 9. The predicted molar refractivity (Wildman–Crippen MR) is 149 cm³/mol. The van der Waals surface area contributed by atoms with Gasteiger partial charge < -0.3 is 37.9 Å². The minimum Gasteiger partial charge on any atom is -0.497 e. The van der Waals surface area contributed by atoms with Crippen LogP contribution in [0.5, 0.6) is 34.5 Å². The average molecular weight is 577 g/mol. The van der Waals surface area contributed by atoms with E-state index in [0.717, 1.165) is 28.0 Å². The van der Waals surface area contributed by atoms with Crippen LogP contribution in [0.3, 0.4) is 0 Å². The predicted octanol–water partition coefficient (Wildman–Crippen LogP) is 4.60. The van der Waals surface area contributed by atoms with Gasteiger partial charge in [0.2, 0.25) is 12.5 Å². The van der Waals surface area contributed by atoms with E-state index in [4.69, 9.17) is 37.9 Å². The van der Waals surface area contributed by atoms with E-state index < -0.39 is 23.9 Å². The number of methoxy groups -OCH3 is 4. The summed E-state index contributed by atoms with van der Waals surface area (Å²) in [5.74, 6) is 0.994. The van der Waals surface area contributed by atoms with Gasteiger partial charge in [0.1, 0.15) is 11.9 Å². The Hall–Kier alpha value is -4.60. The number of esters is 2. The Morgan fingerprint density at radius 1 is 0.833 bits per heavy atom. The number of hydrogen-bond donors (Lipinski definition) is 0. The fraction of sp³-hybridized carbons (Fsp3) is 0.375. The number of aryl methyl sites for hydroxylation is 1. The van der Waals surface area contributed by atoms with Crippen LogP contribution in [0.25, 0.3) is 0 Å². The molecule has 0 spiro atoms. The molecule has 1 saturated heterocycles. The standard InChI is InChI=1S/C32H32O10/c1-35-19-8-5-17(6-9-19)7-10-27(33)42-30-21-14-24-23(40-16-41-24)13-20(21)28(29-22(30)15-39-32(29)34)18-11-25(36-2)31(38-4)26(12-18)37-3/h5-6,8-9,11-14,22,28-30H,7,10,15-16H2,1-4H3/t22-,28+,29+,30-/m0/s1. The van der Waals surface area contributed by atoms with Crippen LogP contribution >= 0.6 is 0 Å². The van der Waals surface area contributed by atoms with Crippen molar-refractivity contribution < 1.29 is 47.5 Å². The zero-order valence-electron chi connectivity index (χ0n) is 23.8.